The van der Waals surface area contributed by atoms with E-state index in [1.807, 2.05) is 0 Å². The Labute approximate surface area is 78.5 Å². The Hall–Kier alpha value is -0.160. The Bertz CT molecular complexity index is 158. The SMILES string of the molecule is C[C@H](O)[C@H]1OC(C)(C)O[C@@H]1[C@@H](C)O. The highest BCUT2D eigenvalue weighted by molar-refractivity contribution is 4.87. The molecule has 1 rings (SSSR count). The van der Waals surface area contributed by atoms with Crippen LogP contribution >= 0.6 is 0 Å². The van der Waals surface area contributed by atoms with Crippen LogP contribution in [0.15, 0.2) is 0 Å². The molecular formula is C9H18O4. The van der Waals surface area contributed by atoms with Gasteiger partial charge in [-0.3, -0.25) is 0 Å². The van der Waals surface area contributed by atoms with Crippen molar-refractivity contribution in [2.75, 3.05) is 0 Å². The maximum absolute atomic E-state index is 9.39. The summed E-state index contributed by atoms with van der Waals surface area (Å²) in [5.41, 5.74) is 0. The van der Waals surface area contributed by atoms with Gasteiger partial charge in [0, 0.05) is 0 Å². The minimum Gasteiger partial charge on any atom is -0.391 e. The summed E-state index contributed by atoms with van der Waals surface area (Å²) >= 11 is 0. The molecule has 13 heavy (non-hydrogen) atoms. The zero-order valence-electron chi connectivity index (χ0n) is 8.52. The minimum atomic E-state index is -0.719. The fourth-order valence-corrected chi connectivity index (χ4v) is 1.56. The Balaban J connectivity index is 2.71. The first-order valence-corrected chi connectivity index (χ1v) is 4.55. The van der Waals surface area contributed by atoms with Crippen LogP contribution in [0.3, 0.4) is 0 Å². The van der Waals surface area contributed by atoms with Gasteiger partial charge in [-0.25, -0.2) is 0 Å². The summed E-state index contributed by atoms with van der Waals surface area (Å²) in [5, 5.41) is 18.8. The van der Waals surface area contributed by atoms with Crippen LogP contribution in [0, 0.1) is 0 Å². The van der Waals surface area contributed by atoms with E-state index in [0.717, 1.165) is 0 Å². The van der Waals surface area contributed by atoms with E-state index >= 15 is 0 Å². The second-order valence-electron chi connectivity index (χ2n) is 4.05. The molecule has 0 aromatic rings. The lowest BCUT2D eigenvalue weighted by Crippen LogP contribution is -2.39. The van der Waals surface area contributed by atoms with Crippen molar-refractivity contribution in [3.8, 4) is 0 Å². The van der Waals surface area contributed by atoms with Crippen LogP contribution in [0.25, 0.3) is 0 Å². The molecule has 4 nitrogen and oxygen atoms in total. The zero-order chi connectivity index (χ0) is 10.2. The predicted molar refractivity (Wildman–Crippen MR) is 47.2 cm³/mol. The average Bonchev–Trinajstić information content (AvgIpc) is 2.26. The van der Waals surface area contributed by atoms with Gasteiger partial charge < -0.3 is 19.7 Å². The Morgan fingerprint density at radius 1 is 1.00 bits per heavy atom. The number of aliphatic hydroxyl groups excluding tert-OH is 2. The van der Waals surface area contributed by atoms with Crippen molar-refractivity contribution in [2.45, 2.75) is 57.9 Å². The fraction of sp³-hybridized carbons (Fsp3) is 1.00. The van der Waals surface area contributed by atoms with Gasteiger partial charge in [-0.15, -0.1) is 0 Å². The number of hydrogen-bond acceptors (Lipinski definition) is 4. The third-order valence-electron chi connectivity index (χ3n) is 2.11. The molecule has 78 valence electrons. The van der Waals surface area contributed by atoms with E-state index in [-0.39, 0.29) is 0 Å². The minimum absolute atomic E-state index is 0.449. The van der Waals surface area contributed by atoms with Gasteiger partial charge in [0.05, 0.1) is 12.2 Å². The van der Waals surface area contributed by atoms with Crippen molar-refractivity contribution in [1.29, 1.82) is 0 Å². The fourth-order valence-electron chi connectivity index (χ4n) is 1.56. The lowest BCUT2D eigenvalue weighted by atomic mass is 10.1. The molecule has 1 aliphatic rings. The van der Waals surface area contributed by atoms with E-state index < -0.39 is 30.2 Å². The van der Waals surface area contributed by atoms with E-state index in [9.17, 15) is 10.2 Å². The van der Waals surface area contributed by atoms with Gasteiger partial charge >= 0.3 is 0 Å². The quantitative estimate of drug-likeness (QED) is 0.656. The zero-order valence-corrected chi connectivity index (χ0v) is 8.52. The third-order valence-corrected chi connectivity index (χ3v) is 2.11. The summed E-state index contributed by atoms with van der Waals surface area (Å²) in [6.07, 6.45) is -2.17. The lowest BCUT2D eigenvalue weighted by Gasteiger charge is -2.20. The van der Waals surface area contributed by atoms with Crippen LogP contribution in [-0.4, -0.2) is 40.4 Å². The molecule has 1 aliphatic heterocycles. The summed E-state index contributed by atoms with van der Waals surface area (Å²) in [5.74, 6) is -0.719. The average molecular weight is 190 g/mol. The molecule has 0 aromatic heterocycles. The third kappa shape index (κ3) is 2.40. The van der Waals surface area contributed by atoms with Crippen molar-refractivity contribution in [1.82, 2.24) is 0 Å². The topological polar surface area (TPSA) is 58.9 Å². The van der Waals surface area contributed by atoms with Gasteiger partial charge in [-0.2, -0.15) is 0 Å². The van der Waals surface area contributed by atoms with Gasteiger partial charge in [0.1, 0.15) is 12.2 Å². The lowest BCUT2D eigenvalue weighted by molar-refractivity contribution is -0.159. The molecule has 0 aromatic carbocycles. The molecule has 0 amide bonds. The molecule has 1 fully saturated rings. The second kappa shape index (κ2) is 3.53. The molecule has 0 aliphatic carbocycles. The molecule has 0 saturated carbocycles. The monoisotopic (exact) mass is 190 g/mol. The highest BCUT2D eigenvalue weighted by atomic mass is 16.8. The van der Waals surface area contributed by atoms with Crippen LogP contribution in [-0.2, 0) is 9.47 Å². The van der Waals surface area contributed by atoms with E-state index in [0.29, 0.717) is 0 Å². The Morgan fingerprint density at radius 3 is 1.54 bits per heavy atom. The first-order chi connectivity index (χ1) is 5.83. The Kier molecular flexibility index (Phi) is 2.97. The molecule has 0 radical (unpaired) electrons. The summed E-state index contributed by atoms with van der Waals surface area (Å²) in [4.78, 5) is 0. The van der Waals surface area contributed by atoms with Crippen molar-refractivity contribution < 1.29 is 19.7 Å². The largest absolute Gasteiger partial charge is 0.391 e. The highest BCUT2D eigenvalue weighted by Crippen LogP contribution is 2.31. The summed E-state index contributed by atoms with van der Waals surface area (Å²) < 4.78 is 10.9. The van der Waals surface area contributed by atoms with E-state index in [1.165, 1.54) is 0 Å². The number of rotatable bonds is 2. The van der Waals surface area contributed by atoms with Crippen LogP contribution in [0.5, 0.6) is 0 Å². The van der Waals surface area contributed by atoms with Gasteiger partial charge in [-0.05, 0) is 27.7 Å². The summed E-state index contributed by atoms with van der Waals surface area (Å²) in [6, 6.07) is 0. The molecule has 1 heterocycles. The summed E-state index contributed by atoms with van der Waals surface area (Å²) in [7, 11) is 0. The van der Waals surface area contributed by atoms with Crippen LogP contribution in [0.4, 0.5) is 0 Å². The first-order valence-electron chi connectivity index (χ1n) is 4.55. The number of hydrogen-bond donors (Lipinski definition) is 2. The smallest absolute Gasteiger partial charge is 0.164 e. The van der Waals surface area contributed by atoms with Crippen LogP contribution in [0.2, 0.25) is 0 Å². The van der Waals surface area contributed by atoms with Crippen molar-refractivity contribution in [3.63, 3.8) is 0 Å². The van der Waals surface area contributed by atoms with Gasteiger partial charge in [0.15, 0.2) is 5.79 Å². The molecule has 1 saturated heterocycles. The number of ether oxygens (including phenoxy) is 2. The van der Waals surface area contributed by atoms with Crippen LogP contribution < -0.4 is 0 Å². The second-order valence-corrected chi connectivity index (χ2v) is 4.05. The van der Waals surface area contributed by atoms with E-state index in [4.69, 9.17) is 9.47 Å². The number of aliphatic hydroxyl groups is 2. The molecular weight excluding hydrogens is 172 g/mol. The maximum atomic E-state index is 9.39. The van der Waals surface area contributed by atoms with Crippen molar-refractivity contribution in [2.24, 2.45) is 0 Å². The van der Waals surface area contributed by atoms with E-state index in [2.05, 4.69) is 0 Å². The van der Waals surface area contributed by atoms with Gasteiger partial charge in [0.2, 0.25) is 0 Å². The first kappa shape index (κ1) is 10.9. The normalized spacial score (nSPS) is 37.4. The van der Waals surface area contributed by atoms with Gasteiger partial charge in [0.25, 0.3) is 0 Å². The van der Waals surface area contributed by atoms with Gasteiger partial charge in [-0.1, -0.05) is 0 Å². The maximum Gasteiger partial charge on any atom is 0.164 e. The van der Waals surface area contributed by atoms with Crippen LogP contribution in [0.1, 0.15) is 27.7 Å². The molecule has 4 atom stereocenters. The standard InChI is InChI=1S/C9H18O4/c1-5(10)7-8(6(2)11)13-9(3,4)12-7/h5-8,10-11H,1-4H3/t5-,6+,7-,8-/m1/s1. The predicted octanol–water partition coefficient (Wildman–Crippen LogP) is 0.268. The van der Waals surface area contributed by atoms with Crippen molar-refractivity contribution in [3.05, 3.63) is 0 Å². The summed E-state index contributed by atoms with van der Waals surface area (Å²) in [6.45, 7) is 6.80. The highest BCUT2D eigenvalue weighted by Gasteiger charge is 2.45. The molecule has 2 N–H and O–H groups in total. The molecule has 0 unspecified atom stereocenters. The molecule has 0 spiro atoms. The molecule has 4 heteroatoms. The van der Waals surface area contributed by atoms with Crippen molar-refractivity contribution >= 4 is 0 Å². The molecule has 0 bridgehead atoms. The van der Waals surface area contributed by atoms with E-state index in [1.54, 1.807) is 27.7 Å². The Morgan fingerprint density at radius 2 is 1.31 bits per heavy atom.